The number of halogens is 1. The van der Waals surface area contributed by atoms with Crippen molar-refractivity contribution in [2.24, 2.45) is 0 Å². The summed E-state index contributed by atoms with van der Waals surface area (Å²) in [6.07, 6.45) is 0. The van der Waals surface area contributed by atoms with Gasteiger partial charge in [0, 0.05) is 10.9 Å². The van der Waals surface area contributed by atoms with Crippen LogP contribution in [0.5, 0.6) is 5.75 Å². The Morgan fingerprint density at radius 3 is 3.12 bits per heavy atom. The van der Waals surface area contributed by atoms with E-state index in [4.69, 9.17) is 16.3 Å². The summed E-state index contributed by atoms with van der Waals surface area (Å²) in [5, 5.41) is 3.11. The number of alkyl halides is 1. The fourth-order valence-electron chi connectivity index (χ4n) is 1.91. The van der Waals surface area contributed by atoms with Crippen molar-refractivity contribution in [2.75, 3.05) is 6.61 Å². The number of nitrogens with zero attached hydrogens (tertiary/aromatic N) is 1. The van der Waals surface area contributed by atoms with Gasteiger partial charge in [0.2, 0.25) is 0 Å². The lowest BCUT2D eigenvalue weighted by atomic mass is 10.0. The number of aromatic nitrogens is 1. The van der Waals surface area contributed by atoms with E-state index in [2.05, 4.69) is 11.1 Å². The minimum atomic E-state index is 0.276. The van der Waals surface area contributed by atoms with Gasteiger partial charge in [-0.1, -0.05) is 18.2 Å². The topological polar surface area (TPSA) is 22.1 Å². The van der Waals surface area contributed by atoms with E-state index in [9.17, 15) is 0 Å². The zero-order valence-electron chi connectivity index (χ0n) is 8.52. The molecule has 2 aromatic rings. The van der Waals surface area contributed by atoms with Crippen LogP contribution in [0.3, 0.4) is 0 Å². The van der Waals surface area contributed by atoms with Gasteiger partial charge in [0.25, 0.3) is 0 Å². The average Bonchev–Trinajstić information content (AvgIpc) is 2.94. The number of ether oxygens (including phenoxy) is 1. The summed E-state index contributed by atoms with van der Waals surface area (Å²) >= 11 is 7.42. The Hall–Kier alpha value is -1.06. The molecule has 82 valence electrons. The number of fused-ring (bicyclic) bond motifs is 1. The highest BCUT2D eigenvalue weighted by atomic mass is 35.5. The number of thiazole rings is 1. The molecular formula is C12H10ClNOS. The van der Waals surface area contributed by atoms with Gasteiger partial charge in [0.1, 0.15) is 17.4 Å². The van der Waals surface area contributed by atoms with E-state index in [0.717, 1.165) is 16.5 Å². The quantitative estimate of drug-likeness (QED) is 0.764. The van der Waals surface area contributed by atoms with Crippen LogP contribution < -0.4 is 4.74 Å². The van der Waals surface area contributed by atoms with Gasteiger partial charge in [0.15, 0.2) is 0 Å². The molecule has 1 aromatic heterocycles. The number of benzene rings is 1. The van der Waals surface area contributed by atoms with Gasteiger partial charge in [-0.3, -0.25) is 0 Å². The van der Waals surface area contributed by atoms with Crippen LogP contribution in [0, 0.1) is 0 Å². The predicted molar refractivity (Wildman–Crippen MR) is 65.5 cm³/mol. The second-order valence-electron chi connectivity index (χ2n) is 3.71. The number of hydrogen-bond acceptors (Lipinski definition) is 3. The number of hydrogen-bond donors (Lipinski definition) is 0. The van der Waals surface area contributed by atoms with E-state index in [0.29, 0.717) is 12.5 Å². The highest BCUT2D eigenvalue weighted by molar-refractivity contribution is 7.09. The molecule has 1 atom stereocenters. The Bertz CT molecular complexity index is 511. The van der Waals surface area contributed by atoms with Crippen molar-refractivity contribution in [3.05, 3.63) is 45.9 Å². The van der Waals surface area contributed by atoms with Gasteiger partial charge >= 0.3 is 0 Å². The van der Waals surface area contributed by atoms with Crippen LogP contribution in [0.15, 0.2) is 29.6 Å². The molecule has 1 unspecified atom stereocenters. The number of para-hydroxylation sites is 1. The lowest BCUT2D eigenvalue weighted by Crippen LogP contribution is -2.02. The zero-order chi connectivity index (χ0) is 11.0. The molecule has 1 aromatic carbocycles. The normalized spacial score (nSPS) is 18.2. The van der Waals surface area contributed by atoms with Crippen LogP contribution in [0.4, 0.5) is 0 Å². The highest BCUT2D eigenvalue weighted by Gasteiger charge is 2.27. The van der Waals surface area contributed by atoms with Gasteiger partial charge in [-0.25, -0.2) is 4.98 Å². The molecular weight excluding hydrogens is 242 g/mol. The maximum atomic E-state index is 5.76. The average molecular weight is 252 g/mol. The molecule has 0 bridgehead atoms. The highest BCUT2D eigenvalue weighted by Crippen LogP contribution is 2.38. The summed E-state index contributed by atoms with van der Waals surface area (Å²) in [4.78, 5) is 4.52. The van der Waals surface area contributed by atoms with Crippen LogP contribution in [0.1, 0.15) is 22.2 Å². The molecule has 0 saturated heterocycles. The predicted octanol–water partition coefficient (Wildman–Crippen LogP) is 3.41. The van der Waals surface area contributed by atoms with E-state index < -0.39 is 0 Å². The van der Waals surface area contributed by atoms with Crippen molar-refractivity contribution in [1.29, 1.82) is 0 Å². The first-order chi connectivity index (χ1) is 7.88. The molecule has 4 heteroatoms. The van der Waals surface area contributed by atoms with Crippen molar-refractivity contribution < 1.29 is 4.74 Å². The second kappa shape index (κ2) is 4.07. The van der Waals surface area contributed by atoms with Crippen LogP contribution in [-0.2, 0) is 5.88 Å². The minimum absolute atomic E-state index is 0.276. The Morgan fingerprint density at radius 2 is 2.31 bits per heavy atom. The van der Waals surface area contributed by atoms with E-state index in [1.807, 2.05) is 23.6 Å². The fraction of sp³-hybridized carbons (Fsp3) is 0.250. The SMILES string of the molecule is ClCc1csc(C2COc3ccccc32)n1. The van der Waals surface area contributed by atoms with Gasteiger partial charge in [-0.2, -0.15) is 0 Å². The summed E-state index contributed by atoms with van der Waals surface area (Å²) in [6, 6.07) is 8.14. The third kappa shape index (κ3) is 1.60. The van der Waals surface area contributed by atoms with Crippen molar-refractivity contribution in [2.45, 2.75) is 11.8 Å². The van der Waals surface area contributed by atoms with Gasteiger partial charge < -0.3 is 4.74 Å². The molecule has 2 heterocycles. The van der Waals surface area contributed by atoms with E-state index in [1.54, 1.807) is 11.3 Å². The molecule has 0 aliphatic carbocycles. The standard InChI is InChI=1S/C12H10ClNOS/c13-5-8-7-16-12(14-8)10-6-15-11-4-2-1-3-9(10)11/h1-4,7,10H,5-6H2. The first kappa shape index (κ1) is 10.1. The smallest absolute Gasteiger partial charge is 0.123 e. The lowest BCUT2D eigenvalue weighted by molar-refractivity contribution is 0.343. The van der Waals surface area contributed by atoms with Crippen molar-refractivity contribution in [3.8, 4) is 5.75 Å². The zero-order valence-corrected chi connectivity index (χ0v) is 10.1. The van der Waals surface area contributed by atoms with E-state index >= 15 is 0 Å². The molecule has 0 fully saturated rings. The van der Waals surface area contributed by atoms with Crippen molar-refractivity contribution >= 4 is 22.9 Å². The van der Waals surface area contributed by atoms with Crippen molar-refractivity contribution in [1.82, 2.24) is 4.98 Å². The third-order valence-corrected chi connectivity index (χ3v) is 3.99. The molecule has 0 N–H and O–H groups in total. The van der Waals surface area contributed by atoms with Crippen LogP contribution >= 0.6 is 22.9 Å². The van der Waals surface area contributed by atoms with Gasteiger partial charge in [-0.15, -0.1) is 22.9 Å². The van der Waals surface area contributed by atoms with Gasteiger partial charge in [-0.05, 0) is 6.07 Å². The molecule has 0 amide bonds. The first-order valence-electron chi connectivity index (χ1n) is 5.10. The number of rotatable bonds is 2. The summed E-state index contributed by atoms with van der Waals surface area (Å²) in [6.45, 7) is 0.689. The van der Waals surface area contributed by atoms with Crippen LogP contribution in [0.2, 0.25) is 0 Å². The Balaban J connectivity index is 1.98. The minimum Gasteiger partial charge on any atom is -0.492 e. The molecule has 0 radical (unpaired) electrons. The summed E-state index contributed by atoms with van der Waals surface area (Å²) in [5.74, 6) is 1.74. The Kier molecular flexibility index (Phi) is 2.58. The Labute approximate surface area is 103 Å². The van der Waals surface area contributed by atoms with E-state index in [-0.39, 0.29) is 5.92 Å². The molecule has 1 aliphatic rings. The fourth-order valence-corrected chi connectivity index (χ4v) is 3.06. The molecule has 3 rings (SSSR count). The molecule has 16 heavy (non-hydrogen) atoms. The summed E-state index contributed by atoms with van der Waals surface area (Å²) in [5.41, 5.74) is 2.18. The van der Waals surface area contributed by atoms with Crippen molar-refractivity contribution in [3.63, 3.8) is 0 Å². The van der Waals surface area contributed by atoms with E-state index in [1.165, 1.54) is 5.56 Å². The molecule has 0 saturated carbocycles. The summed E-state index contributed by atoms with van der Waals surface area (Å²) in [7, 11) is 0. The molecule has 2 nitrogen and oxygen atoms in total. The molecule has 1 aliphatic heterocycles. The maximum Gasteiger partial charge on any atom is 0.123 e. The largest absolute Gasteiger partial charge is 0.492 e. The monoisotopic (exact) mass is 251 g/mol. The Morgan fingerprint density at radius 1 is 1.44 bits per heavy atom. The first-order valence-corrected chi connectivity index (χ1v) is 6.52. The van der Waals surface area contributed by atoms with Gasteiger partial charge in [0.05, 0.1) is 17.5 Å². The maximum absolute atomic E-state index is 5.76. The van der Waals surface area contributed by atoms with Crippen LogP contribution in [-0.4, -0.2) is 11.6 Å². The summed E-state index contributed by atoms with van der Waals surface area (Å²) < 4.78 is 5.64. The van der Waals surface area contributed by atoms with Crippen LogP contribution in [0.25, 0.3) is 0 Å². The molecule has 0 spiro atoms. The lowest BCUT2D eigenvalue weighted by Gasteiger charge is -2.03. The second-order valence-corrected chi connectivity index (χ2v) is 4.87. The third-order valence-electron chi connectivity index (χ3n) is 2.70.